The predicted molar refractivity (Wildman–Crippen MR) is 145 cm³/mol. The van der Waals surface area contributed by atoms with Gasteiger partial charge in [-0.1, -0.05) is 6.07 Å². The van der Waals surface area contributed by atoms with Crippen LogP contribution in [-0.2, 0) is 22.6 Å². The number of oxazole rings is 1. The van der Waals surface area contributed by atoms with Crippen molar-refractivity contribution in [3.63, 3.8) is 0 Å². The van der Waals surface area contributed by atoms with Crippen LogP contribution in [0, 0.1) is 12.7 Å². The number of rotatable bonds is 7. The van der Waals surface area contributed by atoms with E-state index in [0.29, 0.717) is 0 Å². The zero-order valence-corrected chi connectivity index (χ0v) is 23.9. The third kappa shape index (κ3) is 6.71. The second-order valence-corrected chi connectivity index (χ2v) is 11.7. The van der Waals surface area contributed by atoms with Gasteiger partial charge in [0.1, 0.15) is 17.3 Å². The van der Waals surface area contributed by atoms with Gasteiger partial charge in [-0.2, -0.15) is 18.3 Å². The van der Waals surface area contributed by atoms with Crippen molar-refractivity contribution in [2.45, 2.75) is 31.0 Å². The molecular formula is C29H20F7N3O5S. The molecule has 0 aliphatic carbocycles. The molecule has 45 heavy (non-hydrogen) atoms. The van der Waals surface area contributed by atoms with E-state index in [-0.39, 0.29) is 45.3 Å². The molecule has 16 heteroatoms. The lowest BCUT2D eigenvalue weighted by atomic mass is 9.97. The molecule has 5 rings (SSSR count). The van der Waals surface area contributed by atoms with Gasteiger partial charge < -0.3 is 14.3 Å². The molecule has 2 heterocycles. The molecule has 0 saturated heterocycles. The van der Waals surface area contributed by atoms with E-state index in [0.717, 1.165) is 47.5 Å². The topological polar surface area (TPSA) is 107 Å². The Morgan fingerprint density at radius 3 is 2.18 bits per heavy atom. The second-order valence-electron chi connectivity index (χ2n) is 9.72. The van der Waals surface area contributed by atoms with Gasteiger partial charge in [-0.25, -0.2) is 22.5 Å². The molecule has 0 saturated carbocycles. The minimum atomic E-state index is -4.93. The van der Waals surface area contributed by atoms with Crippen LogP contribution in [0.2, 0.25) is 0 Å². The first-order chi connectivity index (χ1) is 20.9. The van der Waals surface area contributed by atoms with E-state index >= 15 is 0 Å². The molecule has 0 unspecified atom stereocenters. The number of hydrogen-bond donors (Lipinski definition) is 1. The standard InChI is InChI=1S/C29H20F7N3O5S/c1-15-37-26(27(43-15)16-3-6-19(7-4-16)44-29(34,35)36)20-11-17(5-8-23(20)39-10-9-25(38-39)28(31,32)33)18-12-22(30)21(14-40)24(13-18)45(2,41)42/h3-13,40H,14H2,1-2H3. The van der Waals surface area contributed by atoms with Crippen LogP contribution in [0.4, 0.5) is 30.7 Å². The lowest BCUT2D eigenvalue weighted by Gasteiger charge is -2.14. The van der Waals surface area contributed by atoms with E-state index in [9.17, 15) is 44.3 Å². The van der Waals surface area contributed by atoms with Gasteiger partial charge in [-0.15, -0.1) is 13.2 Å². The number of alkyl halides is 6. The average molecular weight is 656 g/mol. The Kier molecular flexibility index (Phi) is 7.99. The van der Waals surface area contributed by atoms with Crippen LogP contribution in [-0.4, -0.2) is 40.9 Å². The van der Waals surface area contributed by atoms with Crippen LogP contribution >= 0.6 is 0 Å². The molecule has 236 valence electrons. The molecular weight excluding hydrogens is 635 g/mol. The van der Waals surface area contributed by atoms with Crippen LogP contribution in [0.1, 0.15) is 17.1 Å². The van der Waals surface area contributed by atoms with E-state index < -0.39 is 56.7 Å². The summed E-state index contributed by atoms with van der Waals surface area (Å²) in [4.78, 5) is 3.91. The smallest absolute Gasteiger partial charge is 0.440 e. The van der Waals surface area contributed by atoms with Gasteiger partial charge in [-0.05, 0) is 65.7 Å². The SMILES string of the molecule is Cc1nc(-c2cc(-c3cc(F)c(CO)c(S(C)(=O)=O)c3)ccc2-n2ccc(C(F)(F)F)n2)c(-c2ccc(OC(F)(F)F)cc2)o1. The minimum absolute atomic E-state index is 0.0197. The van der Waals surface area contributed by atoms with Gasteiger partial charge in [0.25, 0.3) is 0 Å². The molecule has 1 N–H and O–H groups in total. The van der Waals surface area contributed by atoms with Crippen molar-refractivity contribution in [3.8, 4) is 45.1 Å². The van der Waals surface area contributed by atoms with E-state index in [4.69, 9.17) is 4.42 Å². The number of aryl methyl sites for hydroxylation is 1. The van der Waals surface area contributed by atoms with Crippen molar-refractivity contribution in [2.24, 2.45) is 0 Å². The Morgan fingerprint density at radius 1 is 0.933 bits per heavy atom. The zero-order valence-electron chi connectivity index (χ0n) is 23.0. The number of aliphatic hydroxyl groups excluding tert-OH is 1. The Morgan fingerprint density at radius 2 is 1.60 bits per heavy atom. The maximum absolute atomic E-state index is 15.0. The van der Waals surface area contributed by atoms with Crippen LogP contribution in [0.3, 0.4) is 0 Å². The van der Waals surface area contributed by atoms with Crippen molar-refractivity contribution in [1.82, 2.24) is 14.8 Å². The van der Waals surface area contributed by atoms with Gasteiger partial charge in [0.15, 0.2) is 27.2 Å². The van der Waals surface area contributed by atoms with Gasteiger partial charge in [0.2, 0.25) is 0 Å². The minimum Gasteiger partial charge on any atom is -0.440 e. The number of aromatic nitrogens is 3. The molecule has 0 aliphatic rings. The number of halogens is 7. The number of sulfone groups is 1. The quantitative estimate of drug-likeness (QED) is 0.186. The normalized spacial score (nSPS) is 12.5. The van der Waals surface area contributed by atoms with Crippen molar-refractivity contribution >= 4 is 9.84 Å². The van der Waals surface area contributed by atoms with E-state index in [1.165, 1.54) is 37.3 Å². The molecule has 0 bridgehead atoms. The fourth-order valence-corrected chi connectivity index (χ4v) is 5.54. The summed E-state index contributed by atoms with van der Waals surface area (Å²) in [6, 6.07) is 11.6. The first kappa shape index (κ1) is 31.7. The molecule has 5 aromatic rings. The monoisotopic (exact) mass is 655 g/mol. The molecule has 0 amide bonds. The Hall–Kier alpha value is -4.70. The van der Waals surface area contributed by atoms with Gasteiger partial charge >= 0.3 is 12.5 Å². The van der Waals surface area contributed by atoms with E-state index in [1.807, 2.05) is 0 Å². The number of ether oxygens (including phenoxy) is 1. The number of aliphatic hydroxyl groups is 1. The molecule has 0 atom stereocenters. The lowest BCUT2D eigenvalue weighted by Crippen LogP contribution is -2.16. The Balaban J connectivity index is 1.73. The summed E-state index contributed by atoms with van der Waals surface area (Å²) in [7, 11) is -4.01. The molecule has 2 aromatic heterocycles. The molecule has 3 aromatic carbocycles. The first-order valence-corrected chi connectivity index (χ1v) is 14.6. The first-order valence-electron chi connectivity index (χ1n) is 12.7. The highest BCUT2D eigenvalue weighted by Gasteiger charge is 2.34. The molecule has 0 spiro atoms. The van der Waals surface area contributed by atoms with Gasteiger partial charge in [0.05, 0.1) is 17.2 Å². The number of hydrogen-bond acceptors (Lipinski definition) is 7. The number of nitrogens with zero attached hydrogens (tertiary/aromatic N) is 3. The predicted octanol–water partition coefficient (Wildman–Crippen LogP) is 7.12. The molecule has 0 radical (unpaired) electrons. The second kappa shape index (κ2) is 11.3. The van der Waals surface area contributed by atoms with Crippen molar-refractivity contribution in [2.75, 3.05) is 6.26 Å². The van der Waals surface area contributed by atoms with Crippen LogP contribution in [0.15, 0.2) is 76.2 Å². The third-order valence-corrected chi connectivity index (χ3v) is 7.67. The highest BCUT2D eigenvalue weighted by Crippen LogP contribution is 2.40. The summed E-state index contributed by atoms with van der Waals surface area (Å²) in [5.41, 5.74) is -0.985. The van der Waals surface area contributed by atoms with Crippen molar-refractivity contribution in [1.29, 1.82) is 0 Å². The molecule has 0 fully saturated rings. The molecule has 0 aliphatic heterocycles. The van der Waals surface area contributed by atoms with Gasteiger partial charge in [0, 0.05) is 36.1 Å². The molecule has 8 nitrogen and oxygen atoms in total. The van der Waals surface area contributed by atoms with E-state index in [2.05, 4.69) is 14.8 Å². The maximum atomic E-state index is 15.0. The fraction of sp³-hybridized carbons (Fsp3) is 0.172. The van der Waals surface area contributed by atoms with Gasteiger partial charge in [-0.3, -0.25) is 0 Å². The van der Waals surface area contributed by atoms with Crippen LogP contribution in [0.5, 0.6) is 5.75 Å². The largest absolute Gasteiger partial charge is 0.573 e. The third-order valence-electron chi connectivity index (χ3n) is 6.51. The maximum Gasteiger partial charge on any atom is 0.573 e. The highest BCUT2D eigenvalue weighted by molar-refractivity contribution is 7.90. The lowest BCUT2D eigenvalue weighted by molar-refractivity contribution is -0.274. The Bertz CT molecular complexity index is 2000. The summed E-state index contributed by atoms with van der Waals surface area (Å²) in [6.45, 7) is 0.572. The highest BCUT2D eigenvalue weighted by atomic mass is 32.2. The van der Waals surface area contributed by atoms with E-state index in [1.54, 1.807) is 0 Å². The fourth-order valence-electron chi connectivity index (χ4n) is 4.59. The summed E-state index contributed by atoms with van der Waals surface area (Å²) >= 11 is 0. The zero-order chi connectivity index (χ0) is 32.9. The summed E-state index contributed by atoms with van der Waals surface area (Å²) in [5, 5.41) is 13.2. The van der Waals surface area contributed by atoms with Crippen molar-refractivity contribution in [3.05, 3.63) is 89.8 Å². The number of benzene rings is 3. The summed E-state index contributed by atoms with van der Waals surface area (Å²) < 4.78 is 129. The van der Waals surface area contributed by atoms with Crippen LogP contribution in [0.25, 0.3) is 39.4 Å². The summed E-state index contributed by atoms with van der Waals surface area (Å²) in [5.74, 6) is -1.42. The van der Waals surface area contributed by atoms with Crippen LogP contribution < -0.4 is 4.74 Å². The van der Waals surface area contributed by atoms with Crippen molar-refractivity contribution < 1.29 is 53.4 Å². The summed E-state index contributed by atoms with van der Waals surface area (Å²) in [6.07, 6.45) is -7.82. The average Bonchev–Trinajstić information content (AvgIpc) is 3.59. The Labute approximate surface area is 250 Å².